The van der Waals surface area contributed by atoms with Gasteiger partial charge in [-0.05, 0) is 50.9 Å². The SMILES string of the molecule is c1ccc(-c2coc3c(-c4c5ccccc5c(-c5cccc6c5sc5ccccc56)c5ccccc45)c4c(cc23)oc2ccccc24)cc1. The van der Waals surface area contributed by atoms with Gasteiger partial charge in [0.2, 0.25) is 0 Å². The quantitative estimate of drug-likeness (QED) is 0.179. The van der Waals surface area contributed by atoms with Gasteiger partial charge < -0.3 is 8.83 Å². The van der Waals surface area contributed by atoms with Crippen LogP contribution in [-0.2, 0) is 0 Å². The first-order chi connectivity index (χ1) is 24.3. The molecule has 0 bridgehead atoms. The van der Waals surface area contributed by atoms with E-state index in [4.69, 9.17) is 8.83 Å². The van der Waals surface area contributed by atoms with Crippen LogP contribution >= 0.6 is 11.3 Å². The van der Waals surface area contributed by atoms with Crippen LogP contribution in [0.15, 0.2) is 167 Å². The van der Waals surface area contributed by atoms with Crippen LogP contribution in [0.25, 0.3) is 108 Å². The lowest BCUT2D eigenvalue weighted by Crippen LogP contribution is -1.92. The average Bonchev–Trinajstić information content (AvgIpc) is 3.87. The Morgan fingerprint density at radius 2 is 1.02 bits per heavy atom. The summed E-state index contributed by atoms with van der Waals surface area (Å²) in [6.07, 6.45) is 1.91. The second kappa shape index (κ2) is 10.2. The monoisotopic (exact) mass is 642 g/mol. The molecule has 0 N–H and O–H groups in total. The summed E-state index contributed by atoms with van der Waals surface area (Å²) in [6.45, 7) is 0. The van der Waals surface area contributed by atoms with E-state index in [1.165, 1.54) is 52.8 Å². The van der Waals surface area contributed by atoms with Gasteiger partial charge in [0.05, 0.1) is 6.26 Å². The Labute approximate surface area is 285 Å². The van der Waals surface area contributed by atoms with Gasteiger partial charge in [0.1, 0.15) is 16.7 Å². The highest BCUT2D eigenvalue weighted by molar-refractivity contribution is 7.26. The maximum absolute atomic E-state index is 6.68. The van der Waals surface area contributed by atoms with E-state index in [1.54, 1.807) is 0 Å². The lowest BCUT2D eigenvalue weighted by Gasteiger charge is -2.19. The van der Waals surface area contributed by atoms with E-state index in [9.17, 15) is 0 Å². The first-order valence-electron chi connectivity index (χ1n) is 16.6. The predicted octanol–water partition coefficient (Wildman–Crippen LogP) is 14.0. The smallest absolute Gasteiger partial charge is 0.143 e. The van der Waals surface area contributed by atoms with Gasteiger partial charge in [-0.2, -0.15) is 0 Å². The molecule has 0 atom stereocenters. The number of para-hydroxylation sites is 1. The van der Waals surface area contributed by atoms with Gasteiger partial charge in [-0.15, -0.1) is 11.3 Å². The molecule has 0 saturated carbocycles. The van der Waals surface area contributed by atoms with Gasteiger partial charge in [0.25, 0.3) is 0 Å². The first-order valence-corrected chi connectivity index (χ1v) is 17.4. The standard InChI is InChI=1S/C46H26O2S/c1-2-13-27(14-3-1)37-26-47-45-36(37)25-39-43(34-20-8-10-23-38(34)48-39)44(45)42-31-18-6-4-16-29(31)41(30-17-5-7-19-32(30)42)35-22-12-21-33-28-15-9-11-24-40(28)49-46(33)35/h1-26H. The first kappa shape index (κ1) is 26.9. The normalized spacial score (nSPS) is 12.1. The minimum absolute atomic E-state index is 0.856. The zero-order chi connectivity index (χ0) is 32.1. The number of rotatable bonds is 3. The van der Waals surface area contributed by atoms with Crippen LogP contribution in [0.2, 0.25) is 0 Å². The minimum Gasteiger partial charge on any atom is -0.463 e. The molecule has 0 amide bonds. The summed E-state index contributed by atoms with van der Waals surface area (Å²) in [5.74, 6) is 0. The zero-order valence-corrected chi connectivity index (χ0v) is 27.1. The fraction of sp³-hybridized carbons (Fsp3) is 0. The lowest BCUT2D eigenvalue weighted by atomic mass is 9.84. The number of hydrogen-bond donors (Lipinski definition) is 0. The number of hydrogen-bond acceptors (Lipinski definition) is 3. The molecule has 0 radical (unpaired) electrons. The highest BCUT2D eigenvalue weighted by Gasteiger charge is 2.26. The van der Waals surface area contributed by atoms with Crippen molar-refractivity contribution in [2.24, 2.45) is 0 Å². The molecule has 49 heavy (non-hydrogen) atoms. The third-order valence-corrected chi connectivity index (χ3v) is 11.4. The number of furan rings is 2. The van der Waals surface area contributed by atoms with E-state index in [2.05, 4.69) is 140 Å². The molecular weight excluding hydrogens is 617 g/mol. The van der Waals surface area contributed by atoms with Crippen LogP contribution in [0, 0.1) is 0 Å². The molecule has 0 unspecified atom stereocenters. The third kappa shape index (κ3) is 3.76. The number of benzene rings is 8. The predicted molar refractivity (Wildman–Crippen MR) is 208 cm³/mol. The molecule has 0 saturated heterocycles. The Morgan fingerprint density at radius 1 is 0.408 bits per heavy atom. The molecule has 228 valence electrons. The number of thiophene rings is 1. The topological polar surface area (TPSA) is 26.3 Å². The Kier molecular flexibility index (Phi) is 5.57. The molecule has 3 heterocycles. The summed E-state index contributed by atoms with van der Waals surface area (Å²) in [5.41, 5.74) is 9.52. The van der Waals surface area contributed by atoms with Crippen LogP contribution in [0.4, 0.5) is 0 Å². The third-order valence-electron chi connectivity index (χ3n) is 10.1. The molecular formula is C46H26O2S. The largest absolute Gasteiger partial charge is 0.463 e. The molecule has 0 aliphatic heterocycles. The molecule has 11 aromatic rings. The summed E-state index contributed by atoms with van der Waals surface area (Å²) in [5, 5.41) is 10.6. The van der Waals surface area contributed by atoms with Crippen molar-refractivity contribution in [2.75, 3.05) is 0 Å². The van der Waals surface area contributed by atoms with Crippen molar-refractivity contribution in [3.63, 3.8) is 0 Å². The van der Waals surface area contributed by atoms with Gasteiger partial charge in [-0.1, -0.05) is 133 Å². The van der Waals surface area contributed by atoms with Crippen molar-refractivity contribution >= 4 is 86.0 Å². The van der Waals surface area contributed by atoms with Crippen molar-refractivity contribution < 1.29 is 8.83 Å². The molecule has 0 spiro atoms. The fourth-order valence-electron chi connectivity index (χ4n) is 8.08. The number of fused-ring (bicyclic) bond motifs is 9. The lowest BCUT2D eigenvalue weighted by molar-refractivity contribution is 0.618. The summed E-state index contributed by atoms with van der Waals surface area (Å²) in [4.78, 5) is 0. The molecule has 11 rings (SSSR count). The van der Waals surface area contributed by atoms with Crippen molar-refractivity contribution in [2.45, 2.75) is 0 Å². The zero-order valence-electron chi connectivity index (χ0n) is 26.2. The second-order valence-electron chi connectivity index (χ2n) is 12.7. The molecule has 3 heteroatoms. The van der Waals surface area contributed by atoms with E-state index in [0.29, 0.717) is 0 Å². The van der Waals surface area contributed by atoms with Crippen LogP contribution < -0.4 is 0 Å². The second-order valence-corrected chi connectivity index (χ2v) is 13.8. The maximum Gasteiger partial charge on any atom is 0.143 e. The van der Waals surface area contributed by atoms with Crippen LogP contribution in [0.1, 0.15) is 0 Å². The average molecular weight is 643 g/mol. The molecule has 3 aromatic heterocycles. The molecule has 0 aliphatic rings. The van der Waals surface area contributed by atoms with Crippen LogP contribution in [0.3, 0.4) is 0 Å². The summed E-state index contributed by atoms with van der Waals surface area (Å²) < 4.78 is 15.9. The van der Waals surface area contributed by atoms with E-state index >= 15 is 0 Å². The molecule has 0 aliphatic carbocycles. The van der Waals surface area contributed by atoms with E-state index in [0.717, 1.165) is 55.2 Å². The van der Waals surface area contributed by atoms with E-state index < -0.39 is 0 Å². The summed E-state index contributed by atoms with van der Waals surface area (Å²) >= 11 is 1.88. The van der Waals surface area contributed by atoms with E-state index in [1.807, 2.05) is 29.7 Å². The Bertz CT molecular complexity index is 3050. The summed E-state index contributed by atoms with van der Waals surface area (Å²) in [6, 6.07) is 54.3. The molecule has 2 nitrogen and oxygen atoms in total. The Balaban J connectivity index is 1.34. The van der Waals surface area contributed by atoms with Crippen molar-refractivity contribution in [1.29, 1.82) is 0 Å². The van der Waals surface area contributed by atoms with Crippen molar-refractivity contribution in [3.05, 3.63) is 158 Å². The maximum atomic E-state index is 6.68. The van der Waals surface area contributed by atoms with Gasteiger partial charge in [-0.3, -0.25) is 0 Å². The molecule has 0 fully saturated rings. The molecule has 8 aromatic carbocycles. The Hall–Kier alpha value is -6.16. The van der Waals surface area contributed by atoms with Gasteiger partial charge in [0.15, 0.2) is 0 Å². The highest BCUT2D eigenvalue weighted by Crippen LogP contribution is 2.52. The fourth-order valence-corrected chi connectivity index (χ4v) is 9.31. The van der Waals surface area contributed by atoms with E-state index in [-0.39, 0.29) is 0 Å². The summed E-state index contributed by atoms with van der Waals surface area (Å²) in [7, 11) is 0. The van der Waals surface area contributed by atoms with Crippen molar-refractivity contribution in [3.8, 4) is 33.4 Å². The van der Waals surface area contributed by atoms with Gasteiger partial charge in [0, 0.05) is 58.6 Å². The Morgan fingerprint density at radius 3 is 1.78 bits per heavy atom. The van der Waals surface area contributed by atoms with Gasteiger partial charge >= 0.3 is 0 Å². The minimum atomic E-state index is 0.856. The highest BCUT2D eigenvalue weighted by atomic mass is 32.1. The van der Waals surface area contributed by atoms with Crippen molar-refractivity contribution in [1.82, 2.24) is 0 Å². The van der Waals surface area contributed by atoms with Gasteiger partial charge in [-0.25, -0.2) is 0 Å². The van der Waals surface area contributed by atoms with Crippen LogP contribution in [-0.4, -0.2) is 0 Å². The van der Waals surface area contributed by atoms with Crippen LogP contribution in [0.5, 0.6) is 0 Å².